The lowest BCUT2D eigenvalue weighted by Crippen LogP contribution is -2.35. The van der Waals surface area contributed by atoms with Crippen LogP contribution in [0.5, 0.6) is 0 Å². The lowest BCUT2D eigenvalue weighted by atomic mass is 10.3. The minimum atomic E-state index is -0.0457. The van der Waals surface area contributed by atoms with Crippen LogP contribution in [0.4, 0.5) is 5.82 Å². The summed E-state index contributed by atoms with van der Waals surface area (Å²) >= 11 is 0. The third-order valence-corrected chi connectivity index (χ3v) is 3.23. The number of hydrogen-bond donors (Lipinski definition) is 3. The molecule has 0 aromatic carbocycles. The van der Waals surface area contributed by atoms with Crippen molar-refractivity contribution in [2.75, 3.05) is 25.6 Å². The number of hydrogen-bond acceptors (Lipinski definition) is 7. The number of carbonyl (C=O) groups excluding carboxylic acids is 1. The van der Waals surface area contributed by atoms with Gasteiger partial charge in [0.05, 0.1) is 24.7 Å². The molecule has 0 saturated carbocycles. The Labute approximate surface area is 122 Å². The van der Waals surface area contributed by atoms with Crippen LogP contribution in [0.25, 0.3) is 11.0 Å². The zero-order valence-corrected chi connectivity index (χ0v) is 12.4. The molecule has 1 amide bonds. The monoisotopic (exact) mass is 292 g/mol. The highest BCUT2D eigenvalue weighted by Gasteiger charge is 2.14. The minimum Gasteiger partial charge on any atom is -0.358 e. The number of aryl methyl sites for hydroxylation is 1. The van der Waals surface area contributed by atoms with Crippen LogP contribution in [0.3, 0.4) is 0 Å². The minimum absolute atomic E-state index is 0.0457. The molecule has 0 saturated heterocycles. The topological polar surface area (TPSA) is 114 Å². The largest absolute Gasteiger partial charge is 0.358 e. The lowest BCUT2D eigenvalue weighted by Gasteiger charge is -2.18. The van der Waals surface area contributed by atoms with Crippen LogP contribution >= 0.6 is 0 Å². The number of likely N-dealkylation sites (N-methyl/N-ethyl adjacent to an activating group) is 2. The molecule has 0 spiro atoms. The number of nitrogen functional groups attached to an aromatic ring is 1. The molecule has 2 aromatic rings. The highest BCUT2D eigenvalue weighted by Crippen LogP contribution is 2.18. The van der Waals surface area contributed by atoms with E-state index < -0.39 is 0 Å². The Morgan fingerprint density at radius 1 is 1.48 bits per heavy atom. The van der Waals surface area contributed by atoms with E-state index in [0.717, 1.165) is 5.39 Å². The van der Waals surface area contributed by atoms with Crippen molar-refractivity contribution in [2.45, 2.75) is 13.5 Å². The first-order valence-corrected chi connectivity index (χ1v) is 6.67. The Morgan fingerprint density at radius 2 is 2.24 bits per heavy atom. The van der Waals surface area contributed by atoms with Crippen LogP contribution < -0.4 is 16.6 Å². The molecule has 0 fully saturated rings. The number of nitrogens with two attached hydrogens (primary N) is 1. The first-order valence-electron chi connectivity index (χ1n) is 6.67. The van der Waals surface area contributed by atoms with E-state index in [0.29, 0.717) is 36.9 Å². The van der Waals surface area contributed by atoms with Crippen molar-refractivity contribution in [3.63, 3.8) is 0 Å². The van der Waals surface area contributed by atoms with Crippen molar-refractivity contribution in [1.82, 2.24) is 30.0 Å². The van der Waals surface area contributed by atoms with Gasteiger partial charge in [-0.3, -0.25) is 14.4 Å². The SMILES string of the molecule is CCN(CC(=O)NC)Cc1nc(NN)c2cnn(C)c2n1. The quantitative estimate of drug-likeness (QED) is 0.472. The highest BCUT2D eigenvalue weighted by molar-refractivity contribution is 5.86. The summed E-state index contributed by atoms with van der Waals surface area (Å²) in [7, 11) is 3.42. The molecule has 0 aliphatic rings. The van der Waals surface area contributed by atoms with E-state index in [1.54, 1.807) is 17.9 Å². The lowest BCUT2D eigenvalue weighted by molar-refractivity contribution is -0.121. The predicted molar refractivity (Wildman–Crippen MR) is 79.1 cm³/mol. The van der Waals surface area contributed by atoms with Crippen LogP contribution in [0.2, 0.25) is 0 Å². The smallest absolute Gasteiger partial charge is 0.233 e. The number of nitrogens with zero attached hydrogens (tertiary/aromatic N) is 5. The maximum atomic E-state index is 11.5. The van der Waals surface area contributed by atoms with Crippen molar-refractivity contribution < 1.29 is 4.79 Å². The fourth-order valence-electron chi connectivity index (χ4n) is 2.01. The number of rotatable bonds is 6. The van der Waals surface area contributed by atoms with E-state index in [1.807, 2.05) is 18.9 Å². The van der Waals surface area contributed by atoms with Gasteiger partial charge in [0.25, 0.3) is 0 Å². The average Bonchev–Trinajstić information content (AvgIpc) is 2.87. The third-order valence-electron chi connectivity index (χ3n) is 3.23. The van der Waals surface area contributed by atoms with Crippen molar-refractivity contribution in [3.8, 4) is 0 Å². The molecular formula is C12H20N8O. The Kier molecular flexibility index (Phi) is 4.66. The summed E-state index contributed by atoms with van der Waals surface area (Å²) in [6.45, 7) is 3.45. The summed E-state index contributed by atoms with van der Waals surface area (Å²) in [5.74, 6) is 6.57. The third kappa shape index (κ3) is 3.26. The van der Waals surface area contributed by atoms with E-state index >= 15 is 0 Å². The average molecular weight is 292 g/mol. The summed E-state index contributed by atoms with van der Waals surface area (Å²) in [6, 6.07) is 0. The van der Waals surface area contributed by atoms with Gasteiger partial charge in [-0.05, 0) is 6.54 Å². The normalized spacial score (nSPS) is 11.1. The molecule has 114 valence electrons. The second kappa shape index (κ2) is 6.46. The zero-order valence-electron chi connectivity index (χ0n) is 12.4. The van der Waals surface area contributed by atoms with Gasteiger partial charge >= 0.3 is 0 Å². The van der Waals surface area contributed by atoms with Gasteiger partial charge in [0.1, 0.15) is 5.82 Å². The number of carbonyl (C=O) groups is 1. The second-order valence-electron chi connectivity index (χ2n) is 4.61. The molecule has 4 N–H and O–H groups in total. The highest BCUT2D eigenvalue weighted by atomic mass is 16.1. The van der Waals surface area contributed by atoms with Gasteiger partial charge in [-0.25, -0.2) is 15.8 Å². The van der Waals surface area contributed by atoms with Crippen LogP contribution in [0.1, 0.15) is 12.7 Å². The number of nitrogens with one attached hydrogen (secondary N) is 2. The summed E-state index contributed by atoms with van der Waals surface area (Å²) in [5, 5.41) is 7.51. The molecule has 0 radical (unpaired) electrons. The summed E-state index contributed by atoms with van der Waals surface area (Å²) in [4.78, 5) is 22.3. The van der Waals surface area contributed by atoms with Gasteiger partial charge in [-0.2, -0.15) is 5.10 Å². The van der Waals surface area contributed by atoms with E-state index in [2.05, 4.69) is 25.8 Å². The maximum Gasteiger partial charge on any atom is 0.233 e. The Balaban J connectivity index is 2.28. The molecule has 2 rings (SSSR count). The summed E-state index contributed by atoms with van der Waals surface area (Å²) in [6.07, 6.45) is 1.66. The second-order valence-corrected chi connectivity index (χ2v) is 4.61. The van der Waals surface area contributed by atoms with Crippen molar-refractivity contribution in [3.05, 3.63) is 12.0 Å². The Morgan fingerprint density at radius 3 is 2.86 bits per heavy atom. The van der Waals surface area contributed by atoms with Crippen molar-refractivity contribution >= 4 is 22.8 Å². The maximum absolute atomic E-state index is 11.5. The number of fused-ring (bicyclic) bond motifs is 1. The number of amides is 1. The van der Waals surface area contributed by atoms with E-state index in [-0.39, 0.29) is 5.91 Å². The van der Waals surface area contributed by atoms with E-state index in [9.17, 15) is 4.79 Å². The Bertz CT molecular complexity index is 637. The van der Waals surface area contributed by atoms with Gasteiger partial charge in [0.15, 0.2) is 11.5 Å². The molecule has 0 atom stereocenters. The fourth-order valence-corrected chi connectivity index (χ4v) is 2.01. The van der Waals surface area contributed by atoms with Gasteiger partial charge in [-0.1, -0.05) is 6.92 Å². The van der Waals surface area contributed by atoms with Gasteiger partial charge in [-0.15, -0.1) is 0 Å². The zero-order chi connectivity index (χ0) is 15.4. The first kappa shape index (κ1) is 15.1. The van der Waals surface area contributed by atoms with Crippen molar-refractivity contribution in [1.29, 1.82) is 0 Å². The molecule has 2 aromatic heterocycles. The molecule has 0 unspecified atom stereocenters. The molecule has 0 bridgehead atoms. The van der Waals surface area contributed by atoms with Gasteiger partial charge in [0.2, 0.25) is 5.91 Å². The van der Waals surface area contributed by atoms with Crippen LogP contribution in [-0.2, 0) is 18.4 Å². The van der Waals surface area contributed by atoms with E-state index in [1.165, 1.54) is 0 Å². The van der Waals surface area contributed by atoms with Crippen LogP contribution in [0.15, 0.2) is 6.20 Å². The Hall–Kier alpha value is -2.26. The molecular weight excluding hydrogens is 272 g/mol. The van der Waals surface area contributed by atoms with Crippen LogP contribution in [0, 0.1) is 0 Å². The molecule has 9 nitrogen and oxygen atoms in total. The summed E-state index contributed by atoms with van der Waals surface area (Å²) in [5.41, 5.74) is 3.26. The standard InChI is InChI=1S/C12H20N8O/c1-4-20(7-10(21)14-2)6-9-16-11(18-13)8-5-15-19(3)12(8)17-9/h5H,4,6-7,13H2,1-3H3,(H,14,21)(H,16,17,18). The molecule has 0 aliphatic heterocycles. The molecule has 9 heteroatoms. The van der Waals surface area contributed by atoms with Crippen LogP contribution in [-0.4, -0.2) is 50.7 Å². The molecule has 21 heavy (non-hydrogen) atoms. The first-order chi connectivity index (χ1) is 10.1. The van der Waals surface area contributed by atoms with Gasteiger partial charge in [0, 0.05) is 14.1 Å². The molecule has 2 heterocycles. The summed E-state index contributed by atoms with van der Waals surface area (Å²) < 4.78 is 1.66. The number of anilines is 1. The number of aromatic nitrogens is 4. The van der Waals surface area contributed by atoms with Gasteiger partial charge < -0.3 is 10.7 Å². The fraction of sp³-hybridized carbons (Fsp3) is 0.500. The number of hydrazine groups is 1. The predicted octanol–water partition coefficient (Wildman–Crippen LogP) is -0.783. The van der Waals surface area contributed by atoms with Crippen molar-refractivity contribution in [2.24, 2.45) is 12.9 Å². The molecule has 0 aliphatic carbocycles. The van der Waals surface area contributed by atoms with E-state index in [4.69, 9.17) is 5.84 Å².